The molecule has 5 heteroatoms. The number of nitrogens with zero attached hydrogens (tertiary/aromatic N) is 1. The van der Waals surface area contributed by atoms with Gasteiger partial charge >= 0.3 is 5.97 Å². The summed E-state index contributed by atoms with van der Waals surface area (Å²) in [7, 11) is 0. The number of rotatable bonds is 2. The van der Waals surface area contributed by atoms with Crippen LogP contribution < -0.4 is 5.43 Å². The Hall–Kier alpha value is -2.95. The fourth-order valence-corrected chi connectivity index (χ4v) is 2.02. The van der Waals surface area contributed by atoms with Gasteiger partial charge in [-0.05, 0) is 12.1 Å². The molecule has 1 N–H and O–H groups in total. The van der Waals surface area contributed by atoms with E-state index in [-0.39, 0.29) is 22.4 Å². The van der Waals surface area contributed by atoms with Crippen LogP contribution in [-0.2, 0) is 0 Å². The second-order valence-corrected chi connectivity index (χ2v) is 4.16. The van der Waals surface area contributed by atoms with Crippen LogP contribution in [-0.4, -0.2) is 16.1 Å². The molecule has 5 nitrogen and oxygen atoms in total. The van der Waals surface area contributed by atoms with Crippen LogP contribution in [0.1, 0.15) is 10.4 Å². The van der Waals surface area contributed by atoms with Gasteiger partial charge in [0.2, 0.25) is 11.1 Å². The average molecular weight is 267 g/mol. The van der Waals surface area contributed by atoms with E-state index in [0.717, 1.165) is 0 Å². The Kier molecular flexibility index (Phi) is 2.80. The van der Waals surface area contributed by atoms with Crippen LogP contribution in [0.25, 0.3) is 22.4 Å². The molecule has 20 heavy (non-hydrogen) atoms. The lowest BCUT2D eigenvalue weighted by atomic mass is 10.1. The Morgan fingerprint density at radius 2 is 1.85 bits per heavy atom. The lowest BCUT2D eigenvalue weighted by molar-refractivity contribution is 0.0694. The number of hydrogen-bond acceptors (Lipinski definition) is 4. The van der Waals surface area contributed by atoms with E-state index in [0.29, 0.717) is 5.56 Å². The summed E-state index contributed by atoms with van der Waals surface area (Å²) in [6, 6.07) is 11.7. The van der Waals surface area contributed by atoms with Crippen molar-refractivity contribution < 1.29 is 14.3 Å². The van der Waals surface area contributed by atoms with Gasteiger partial charge in [-0.2, -0.15) is 0 Å². The van der Waals surface area contributed by atoms with Gasteiger partial charge in [-0.15, -0.1) is 0 Å². The zero-order valence-corrected chi connectivity index (χ0v) is 10.2. The average Bonchev–Trinajstić information content (AvgIpc) is 2.47. The van der Waals surface area contributed by atoms with E-state index in [1.165, 1.54) is 12.3 Å². The number of pyridine rings is 1. The van der Waals surface area contributed by atoms with Gasteiger partial charge in [0.15, 0.2) is 11.3 Å². The third-order valence-electron chi connectivity index (χ3n) is 2.92. The summed E-state index contributed by atoms with van der Waals surface area (Å²) in [5.74, 6) is -1.29. The van der Waals surface area contributed by atoms with E-state index in [1.54, 1.807) is 36.4 Å². The van der Waals surface area contributed by atoms with Crippen molar-refractivity contribution in [3.63, 3.8) is 0 Å². The van der Waals surface area contributed by atoms with Crippen molar-refractivity contribution in [3.05, 3.63) is 64.4 Å². The van der Waals surface area contributed by atoms with Crippen LogP contribution in [0.4, 0.5) is 0 Å². The predicted octanol–water partition coefficient (Wildman–Crippen LogP) is 2.55. The van der Waals surface area contributed by atoms with Gasteiger partial charge in [-0.25, -0.2) is 9.78 Å². The molecule has 0 aliphatic rings. The highest BCUT2D eigenvalue weighted by Gasteiger charge is 2.21. The molecule has 0 saturated carbocycles. The van der Waals surface area contributed by atoms with E-state index in [1.807, 2.05) is 0 Å². The first kappa shape index (κ1) is 12.1. The highest BCUT2D eigenvalue weighted by molar-refractivity contribution is 5.97. The molecule has 2 aromatic heterocycles. The van der Waals surface area contributed by atoms with Crippen molar-refractivity contribution in [3.8, 4) is 11.3 Å². The summed E-state index contributed by atoms with van der Waals surface area (Å²) in [5, 5.41) is 9.44. The lowest BCUT2D eigenvalue weighted by Gasteiger charge is -2.06. The van der Waals surface area contributed by atoms with Crippen molar-refractivity contribution >= 4 is 17.1 Å². The topological polar surface area (TPSA) is 80.4 Å². The molecule has 0 amide bonds. The van der Waals surface area contributed by atoms with Gasteiger partial charge in [-0.3, -0.25) is 4.79 Å². The number of fused-ring (bicyclic) bond motifs is 1. The predicted molar refractivity (Wildman–Crippen MR) is 72.7 cm³/mol. The third kappa shape index (κ3) is 1.85. The van der Waals surface area contributed by atoms with Crippen LogP contribution in [0.5, 0.6) is 0 Å². The van der Waals surface area contributed by atoms with E-state index < -0.39 is 11.4 Å². The maximum Gasteiger partial charge on any atom is 0.343 e. The molecule has 0 bridgehead atoms. The molecule has 3 rings (SSSR count). The molecular weight excluding hydrogens is 258 g/mol. The number of carbonyl (C=O) groups is 1. The molecule has 0 radical (unpaired) electrons. The summed E-state index contributed by atoms with van der Waals surface area (Å²) in [4.78, 5) is 27.6. The zero-order chi connectivity index (χ0) is 14.1. The van der Waals surface area contributed by atoms with Crippen molar-refractivity contribution in [2.75, 3.05) is 0 Å². The number of carboxylic acid groups (broad SMARTS) is 1. The van der Waals surface area contributed by atoms with Gasteiger partial charge in [0.05, 0.1) is 5.39 Å². The highest BCUT2D eigenvalue weighted by atomic mass is 16.4. The minimum Gasteiger partial charge on any atom is -0.477 e. The molecule has 0 unspecified atom stereocenters. The van der Waals surface area contributed by atoms with E-state index in [4.69, 9.17) is 4.42 Å². The fourth-order valence-electron chi connectivity index (χ4n) is 2.02. The minimum absolute atomic E-state index is 0.0225. The van der Waals surface area contributed by atoms with Gasteiger partial charge in [-0.1, -0.05) is 30.3 Å². The molecule has 2 heterocycles. The SMILES string of the molecule is O=C(O)c1c(-c2ccccc2)oc2ncccc2c1=O. The number of aromatic carboxylic acids is 1. The van der Waals surface area contributed by atoms with Crippen molar-refractivity contribution in [2.45, 2.75) is 0 Å². The van der Waals surface area contributed by atoms with Crippen LogP contribution in [0.3, 0.4) is 0 Å². The largest absolute Gasteiger partial charge is 0.477 e. The Morgan fingerprint density at radius 1 is 1.10 bits per heavy atom. The molecule has 1 aromatic carbocycles. The molecule has 0 spiro atoms. The Balaban J connectivity index is 2.45. The second-order valence-electron chi connectivity index (χ2n) is 4.16. The number of carboxylic acids is 1. The monoisotopic (exact) mass is 267 g/mol. The second kappa shape index (κ2) is 4.62. The summed E-state index contributed by atoms with van der Waals surface area (Å²) in [6.45, 7) is 0. The van der Waals surface area contributed by atoms with Crippen LogP contribution in [0.15, 0.2) is 57.9 Å². The van der Waals surface area contributed by atoms with E-state index in [9.17, 15) is 14.7 Å². The molecule has 98 valence electrons. The minimum atomic E-state index is -1.32. The first-order valence-corrected chi connectivity index (χ1v) is 5.89. The lowest BCUT2D eigenvalue weighted by Crippen LogP contribution is -2.16. The molecule has 0 fully saturated rings. The van der Waals surface area contributed by atoms with Crippen LogP contribution in [0.2, 0.25) is 0 Å². The third-order valence-corrected chi connectivity index (χ3v) is 2.92. The van der Waals surface area contributed by atoms with Gasteiger partial charge in [0.1, 0.15) is 0 Å². The Labute approximate surface area is 113 Å². The highest BCUT2D eigenvalue weighted by Crippen LogP contribution is 2.24. The number of aromatic nitrogens is 1. The zero-order valence-electron chi connectivity index (χ0n) is 10.2. The normalized spacial score (nSPS) is 10.6. The first-order chi connectivity index (χ1) is 9.68. The summed E-state index contributed by atoms with van der Waals surface area (Å²) in [5.41, 5.74) is -0.321. The van der Waals surface area contributed by atoms with Crippen LogP contribution in [0, 0.1) is 0 Å². The van der Waals surface area contributed by atoms with Crippen molar-refractivity contribution in [2.24, 2.45) is 0 Å². The maximum absolute atomic E-state index is 12.3. The smallest absolute Gasteiger partial charge is 0.343 e. The number of hydrogen-bond donors (Lipinski definition) is 1. The summed E-state index contributed by atoms with van der Waals surface area (Å²) < 4.78 is 5.53. The fraction of sp³-hybridized carbons (Fsp3) is 0. The van der Waals surface area contributed by atoms with Crippen molar-refractivity contribution in [1.29, 1.82) is 0 Å². The maximum atomic E-state index is 12.3. The number of benzene rings is 1. The van der Waals surface area contributed by atoms with Gasteiger partial charge in [0, 0.05) is 11.8 Å². The molecule has 0 aliphatic carbocycles. The standard InChI is InChI=1S/C15H9NO4/c17-12-10-7-4-8-16-14(10)20-13(11(12)15(18)19)9-5-2-1-3-6-9/h1-8H,(H,18,19). The Morgan fingerprint density at radius 3 is 2.55 bits per heavy atom. The molecule has 3 aromatic rings. The molecule has 0 atom stereocenters. The Bertz CT molecular complexity index is 853. The van der Waals surface area contributed by atoms with E-state index in [2.05, 4.69) is 4.98 Å². The van der Waals surface area contributed by atoms with Gasteiger partial charge < -0.3 is 9.52 Å². The van der Waals surface area contributed by atoms with Crippen LogP contribution >= 0.6 is 0 Å². The summed E-state index contributed by atoms with van der Waals surface area (Å²) in [6.07, 6.45) is 1.49. The van der Waals surface area contributed by atoms with Crippen molar-refractivity contribution in [1.82, 2.24) is 4.98 Å². The first-order valence-electron chi connectivity index (χ1n) is 5.89. The van der Waals surface area contributed by atoms with Gasteiger partial charge in [0.25, 0.3) is 0 Å². The molecular formula is C15H9NO4. The summed E-state index contributed by atoms with van der Waals surface area (Å²) >= 11 is 0. The quantitative estimate of drug-likeness (QED) is 0.771. The molecule has 0 saturated heterocycles. The van der Waals surface area contributed by atoms with E-state index >= 15 is 0 Å². The molecule has 0 aliphatic heterocycles.